The summed E-state index contributed by atoms with van der Waals surface area (Å²) in [4.78, 5) is 21.6. The van der Waals surface area contributed by atoms with E-state index in [4.69, 9.17) is 8.37 Å². The lowest BCUT2D eigenvalue weighted by atomic mass is 10.2. The zero-order chi connectivity index (χ0) is 20.9. The fourth-order valence-electron chi connectivity index (χ4n) is 2.43. The van der Waals surface area contributed by atoms with Gasteiger partial charge in [-0.3, -0.25) is 8.37 Å². The van der Waals surface area contributed by atoms with E-state index in [2.05, 4.69) is 18.9 Å². The van der Waals surface area contributed by atoms with Crippen molar-refractivity contribution in [2.75, 3.05) is 26.4 Å². The van der Waals surface area contributed by atoms with Crippen molar-refractivity contribution in [1.82, 2.24) is 0 Å². The lowest BCUT2D eigenvalue weighted by molar-refractivity contribution is 0.0991. The van der Waals surface area contributed by atoms with Crippen molar-refractivity contribution in [3.05, 3.63) is 0 Å². The van der Waals surface area contributed by atoms with Gasteiger partial charge < -0.3 is 18.9 Å². The summed E-state index contributed by atoms with van der Waals surface area (Å²) in [5.41, 5.74) is 0. The summed E-state index contributed by atoms with van der Waals surface area (Å²) in [5.74, 6) is 0. The second-order valence-corrected chi connectivity index (χ2v) is 10.1. The van der Waals surface area contributed by atoms with Crippen LogP contribution in [0.15, 0.2) is 0 Å². The van der Waals surface area contributed by atoms with Gasteiger partial charge >= 0.3 is 12.3 Å². The Kier molecular flexibility index (Phi) is 7.47. The zero-order valence-electron chi connectivity index (χ0n) is 15.3. The van der Waals surface area contributed by atoms with Gasteiger partial charge in [-0.15, -0.1) is 0 Å². The molecule has 2 rings (SSSR count). The number of cyclic esters (lactones) is 4. The van der Waals surface area contributed by atoms with Crippen molar-refractivity contribution < 1.29 is 53.7 Å². The Morgan fingerprint density at radius 3 is 1.79 bits per heavy atom. The van der Waals surface area contributed by atoms with E-state index in [1.807, 2.05) is 0 Å². The standard InChI is InChI=1S/C14H22O12S2/c1-3-12(28(19,20)24-8-11-6-22-14(16)26-11)4-9(2)27(17,18)23-7-10-5-21-13(15)25-10/h9-12H,3-8H2,1-2H3. The Hall–Kier alpha value is -1.64. The molecule has 4 atom stereocenters. The van der Waals surface area contributed by atoms with Gasteiger partial charge in [0, 0.05) is 0 Å². The van der Waals surface area contributed by atoms with Crippen molar-refractivity contribution in [1.29, 1.82) is 0 Å². The van der Waals surface area contributed by atoms with Gasteiger partial charge in [0.1, 0.15) is 26.4 Å². The molecular weight excluding hydrogens is 424 g/mol. The molecule has 0 spiro atoms. The molecule has 0 aromatic carbocycles. The number of carbonyl (C=O) groups is 2. The van der Waals surface area contributed by atoms with Gasteiger partial charge in [-0.25, -0.2) is 9.59 Å². The molecule has 14 heteroatoms. The molecule has 2 aliphatic rings. The van der Waals surface area contributed by atoms with Crippen molar-refractivity contribution in [2.24, 2.45) is 0 Å². The number of ether oxygens (including phenoxy) is 4. The van der Waals surface area contributed by atoms with Crippen LogP contribution in [0.2, 0.25) is 0 Å². The Morgan fingerprint density at radius 2 is 1.39 bits per heavy atom. The molecule has 0 saturated carbocycles. The Balaban J connectivity index is 1.88. The average Bonchev–Trinajstić information content (AvgIpc) is 3.23. The van der Waals surface area contributed by atoms with E-state index in [-0.39, 0.29) is 26.1 Å². The first-order valence-corrected chi connectivity index (χ1v) is 11.4. The van der Waals surface area contributed by atoms with Crippen LogP contribution in [0.1, 0.15) is 26.7 Å². The molecular formula is C14H22O12S2. The molecule has 2 fully saturated rings. The maximum absolute atomic E-state index is 12.4. The summed E-state index contributed by atoms with van der Waals surface area (Å²) >= 11 is 0. The molecule has 0 aromatic rings. The van der Waals surface area contributed by atoms with Crippen LogP contribution in [0.25, 0.3) is 0 Å². The van der Waals surface area contributed by atoms with E-state index in [1.165, 1.54) is 6.92 Å². The predicted molar refractivity (Wildman–Crippen MR) is 90.3 cm³/mol. The van der Waals surface area contributed by atoms with Gasteiger partial charge in [-0.05, 0) is 19.8 Å². The molecule has 28 heavy (non-hydrogen) atoms. The Labute approximate surface area is 162 Å². The molecule has 2 aliphatic heterocycles. The normalized spacial score (nSPS) is 24.8. The minimum absolute atomic E-state index is 0.0945. The summed E-state index contributed by atoms with van der Waals surface area (Å²) in [6, 6.07) is 0. The van der Waals surface area contributed by atoms with Crippen molar-refractivity contribution in [2.45, 2.75) is 49.4 Å². The van der Waals surface area contributed by atoms with Crippen molar-refractivity contribution in [3.8, 4) is 0 Å². The average molecular weight is 446 g/mol. The molecule has 0 radical (unpaired) electrons. The van der Waals surface area contributed by atoms with E-state index in [0.717, 1.165) is 0 Å². The zero-order valence-corrected chi connectivity index (χ0v) is 16.9. The molecule has 0 amide bonds. The summed E-state index contributed by atoms with van der Waals surface area (Å²) in [7, 11) is -8.25. The van der Waals surface area contributed by atoms with E-state index < -0.39 is 68.5 Å². The van der Waals surface area contributed by atoms with Crippen LogP contribution >= 0.6 is 0 Å². The van der Waals surface area contributed by atoms with Crippen molar-refractivity contribution >= 4 is 32.5 Å². The van der Waals surface area contributed by atoms with Gasteiger partial charge in [0.25, 0.3) is 20.2 Å². The molecule has 0 N–H and O–H groups in total. The van der Waals surface area contributed by atoms with Gasteiger partial charge in [0.05, 0.1) is 10.5 Å². The smallest absolute Gasteiger partial charge is 0.430 e. The van der Waals surface area contributed by atoms with E-state index in [0.29, 0.717) is 0 Å². The first-order chi connectivity index (χ1) is 13.0. The monoisotopic (exact) mass is 446 g/mol. The van der Waals surface area contributed by atoms with Crippen LogP contribution < -0.4 is 0 Å². The third-order valence-corrected chi connectivity index (χ3v) is 7.54. The number of rotatable bonds is 11. The van der Waals surface area contributed by atoms with Crippen LogP contribution in [0.4, 0.5) is 9.59 Å². The summed E-state index contributed by atoms with van der Waals surface area (Å²) in [6.07, 6.45) is -3.69. The van der Waals surface area contributed by atoms with Crippen LogP contribution in [0, 0.1) is 0 Å². The minimum Gasteiger partial charge on any atom is -0.430 e. The first kappa shape index (κ1) is 22.6. The summed E-state index contributed by atoms with van der Waals surface area (Å²) < 4.78 is 77.3. The predicted octanol–water partition coefficient (Wildman–Crippen LogP) is 0.307. The van der Waals surface area contributed by atoms with Crippen LogP contribution in [0.5, 0.6) is 0 Å². The van der Waals surface area contributed by atoms with Gasteiger partial charge in [-0.2, -0.15) is 16.8 Å². The third-order valence-electron chi connectivity index (χ3n) is 4.09. The first-order valence-electron chi connectivity index (χ1n) is 8.46. The molecule has 162 valence electrons. The molecule has 2 saturated heterocycles. The molecule has 0 aromatic heterocycles. The van der Waals surface area contributed by atoms with Gasteiger partial charge in [-0.1, -0.05) is 6.92 Å². The van der Waals surface area contributed by atoms with E-state index in [1.54, 1.807) is 6.92 Å². The molecule has 0 aliphatic carbocycles. The quantitative estimate of drug-likeness (QED) is 0.316. The molecule has 0 bridgehead atoms. The molecule has 4 unspecified atom stereocenters. The van der Waals surface area contributed by atoms with Gasteiger partial charge in [0.15, 0.2) is 12.2 Å². The van der Waals surface area contributed by atoms with E-state index in [9.17, 15) is 26.4 Å². The lowest BCUT2D eigenvalue weighted by Crippen LogP contribution is -2.34. The number of hydrogen-bond acceptors (Lipinski definition) is 12. The van der Waals surface area contributed by atoms with Crippen molar-refractivity contribution in [3.63, 3.8) is 0 Å². The highest BCUT2D eigenvalue weighted by atomic mass is 32.2. The van der Waals surface area contributed by atoms with Crippen LogP contribution in [-0.2, 0) is 47.5 Å². The molecule has 2 heterocycles. The fraction of sp³-hybridized carbons (Fsp3) is 0.857. The summed E-state index contributed by atoms with van der Waals surface area (Å²) in [5, 5.41) is -2.28. The fourth-order valence-corrected chi connectivity index (χ4v) is 5.06. The highest BCUT2D eigenvalue weighted by Crippen LogP contribution is 2.21. The second-order valence-electron chi connectivity index (χ2n) is 6.23. The minimum atomic E-state index is -4.13. The topological polar surface area (TPSA) is 158 Å². The van der Waals surface area contributed by atoms with Crippen LogP contribution in [0.3, 0.4) is 0 Å². The summed E-state index contributed by atoms with van der Waals surface area (Å²) in [6.45, 7) is 1.77. The largest absolute Gasteiger partial charge is 0.508 e. The maximum atomic E-state index is 12.4. The highest BCUT2D eigenvalue weighted by molar-refractivity contribution is 7.88. The second kappa shape index (κ2) is 9.24. The maximum Gasteiger partial charge on any atom is 0.508 e. The van der Waals surface area contributed by atoms with Gasteiger partial charge in [0.2, 0.25) is 0 Å². The SMILES string of the molecule is CCC(CC(C)S(=O)(=O)OCC1COC(=O)O1)S(=O)(=O)OCC1COC(=O)O1. The Bertz CT molecular complexity index is 774. The Morgan fingerprint density at radius 1 is 0.929 bits per heavy atom. The molecule has 12 nitrogen and oxygen atoms in total. The van der Waals surface area contributed by atoms with Crippen LogP contribution in [-0.4, -0.2) is 78.3 Å². The lowest BCUT2D eigenvalue weighted by Gasteiger charge is -2.20. The third kappa shape index (κ3) is 6.18. The van der Waals surface area contributed by atoms with E-state index >= 15 is 0 Å². The number of hydrogen-bond donors (Lipinski definition) is 0. The number of carbonyl (C=O) groups excluding carboxylic acids is 2. The highest BCUT2D eigenvalue weighted by Gasteiger charge is 2.35.